The molecular formula is C9H6ClNO2S. The van der Waals surface area contributed by atoms with Gasteiger partial charge in [-0.25, -0.2) is 9.78 Å². The highest BCUT2D eigenvalue weighted by molar-refractivity contribution is 7.17. The fourth-order valence-corrected chi connectivity index (χ4v) is 2.33. The first-order chi connectivity index (χ1) is 6.74. The van der Waals surface area contributed by atoms with E-state index >= 15 is 0 Å². The molecule has 0 spiro atoms. The second-order valence-electron chi connectivity index (χ2n) is 2.61. The Hall–Kier alpha value is -1.13. The number of hydrogen-bond acceptors (Lipinski definition) is 4. The quantitative estimate of drug-likeness (QED) is 0.704. The largest absolute Gasteiger partial charge is 0.464 e. The number of methoxy groups -OCH3 is 1. The number of halogens is 1. The van der Waals surface area contributed by atoms with Crippen LogP contribution in [0.15, 0.2) is 17.6 Å². The highest BCUT2D eigenvalue weighted by Gasteiger charge is 2.14. The van der Waals surface area contributed by atoms with Crippen LogP contribution in [0, 0.1) is 0 Å². The summed E-state index contributed by atoms with van der Waals surface area (Å²) < 4.78 is 5.38. The van der Waals surface area contributed by atoms with Gasteiger partial charge in [-0.1, -0.05) is 11.6 Å². The van der Waals surface area contributed by atoms with Crippen LogP contribution in [0.5, 0.6) is 0 Å². The second-order valence-corrected chi connectivity index (χ2v) is 3.93. The third-order valence-electron chi connectivity index (χ3n) is 1.82. The number of carbonyl (C=O) groups excluding carboxylic acids is 1. The lowest BCUT2D eigenvalue weighted by molar-refractivity contribution is 0.0597. The smallest absolute Gasteiger partial charge is 0.358 e. The van der Waals surface area contributed by atoms with E-state index in [1.807, 2.05) is 11.4 Å². The average molecular weight is 228 g/mol. The summed E-state index contributed by atoms with van der Waals surface area (Å²) in [4.78, 5) is 15.3. The Morgan fingerprint density at radius 2 is 2.43 bits per heavy atom. The summed E-state index contributed by atoms with van der Waals surface area (Å²) in [6.45, 7) is 0. The van der Waals surface area contributed by atoms with Crippen molar-refractivity contribution in [2.75, 3.05) is 7.11 Å². The van der Waals surface area contributed by atoms with E-state index in [0.29, 0.717) is 10.7 Å². The van der Waals surface area contributed by atoms with Crippen LogP contribution < -0.4 is 0 Å². The molecule has 0 unspecified atom stereocenters. The summed E-state index contributed by atoms with van der Waals surface area (Å²) in [6, 6.07) is 1.86. The SMILES string of the molecule is COC(=O)c1ncc(Cl)c2ccsc12. The molecular weight excluding hydrogens is 222 g/mol. The molecule has 0 bridgehead atoms. The van der Waals surface area contributed by atoms with E-state index in [9.17, 15) is 4.79 Å². The summed E-state index contributed by atoms with van der Waals surface area (Å²) in [5, 5.41) is 3.26. The van der Waals surface area contributed by atoms with Crippen molar-refractivity contribution in [3.8, 4) is 0 Å². The predicted octanol–water partition coefficient (Wildman–Crippen LogP) is 2.74. The van der Waals surface area contributed by atoms with Crippen molar-refractivity contribution in [1.29, 1.82) is 0 Å². The van der Waals surface area contributed by atoms with Crippen LogP contribution in [-0.4, -0.2) is 18.1 Å². The number of thiophene rings is 1. The van der Waals surface area contributed by atoms with Gasteiger partial charge in [0, 0.05) is 11.6 Å². The van der Waals surface area contributed by atoms with Crippen molar-refractivity contribution in [3.63, 3.8) is 0 Å². The van der Waals surface area contributed by atoms with E-state index in [-0.39, 0.29) is 0 Å². The van der Waals surface area contributed by atoms with Crippen LogP contribution in [-0.2, 0) is 4.74 Å². The molecule has 0 saturated heterocycles. The van der Waals surface area contributed by atoms with Gasteiger partial charge in [-0.05, 0) is 11.4 Å². The number of aromatic nitrogens is 1. The molecule has 0 aromatic carbocycles. The van der Waals surface area contributed by atoms with Crippen LogP contribution in [0.3, 0.4) is 0 Å². The van der Waals surface area contributed by atoms with E-state index in [1.54, 1.807) is 0 Å². The molecule has 14 heavy (non-hydrogen) atoms. The number of pyridine rings is 1. The number of hydrogen-bond donors (Lipinski definition) is 0. The molecule has 0 radical (unpaired) electrons. The standard InChI is InChI=1S/C9H6ClNO2S/c1-13-9(12)7-8-5(2-3-14-8)6(10)4-11-7/h2-4H,1H3. The summed E-state index contributed by atoms with van der Waals surface area (Å²) in [6.07, 6.45) is 1.46. The van der Waals surface area contributed by atoms with E-state index in [4.69, 9.17) is 11.6 Å². The first kappa shape index (κ1) is 9.43. The lowest BCUT2D eigenvalue weighted by Gasteiger charge is -2.00. The van der Waals surface area contributed by atoms with Gasteiger partial charge in [0.15, 0.2) is 5.69 Å². The molecule has 0 amide bonds. The third-order valence-corrected chi connectivity index (χ3v) is 3.05. The first-order valence-corrected chi connectivity index (χ1v) is 5.10. The van der Waals surface area contributed by atoms with Gasteiger partial charge in [0.25, 0.3) is 0 Å². The zero-order chi connectivity index (χ0) is 10.1. The Kier molecular flexibility index (Phi) is 2.39. The van der Waals surface area contributed by atoms with Gasteiger partial charge in [0.2, 0.25) is 0 Å². The maximum Gasteiger partial charge on any atom is 0.358 e. The Balaban J connectivity index is 2.72. The molecule has 0 N–H and O–H groups in total. The predicted molar refractivity (Wildman–Crippen MR) is 56.0 cm³/mol. The van der Waals surface area contributed by atoms with Gasteiger partial charge in [-0.15, -0.1) is 11.3 Å². The summed E-state index contributed by atoms with van der Waals surface area (Å²) in [5.41, 5.74) is 0.321. The Labute approximate surface area is 89.3 Å². The van der Waals surface area contributed by atoms with Crippen LogP contribution in [0.4, 0.5) is 0 Å². The number of nitrogens with zero attached hydrogens (tertiary/aromatic N) is 1. The molecule has 0 aliphatic carbocycles. The van der Waals surface area contributed by atoms with E-state index in [0.717, 1.165) is 10.1 Å². The average Bonchev–Trinajstić information content (AvgIpc) is 2.67. The van der Waals surface area contributed by atoms with Crippen molar-refractivity contribution in [2.24, 2.45) is 0 Å². The number of esters is 1. The highest BCUT2D eigenvalue weighted by atomic mass is 35.5. The normalized spacial score (nSPS) is 10.4. The van der Waals surface area contributed by atoms with Crippen LogP contribution in [0.25, 0.3) is 10.1 Å². The van der Waals surface area contributed by atoms with Crippen molar-refractivity contribution < 1.29 is 9.53 Å². The first-order valence-electron chi connectivity index (χ1n) is 3.84. The molecule has 0 aliphatic heterocycles. The number of ether oxygens (including phenoxy) is 1. The van der Waals surface area contributed by atoms with Gasteiger partial charge in [-0.2, -0.15) is 0 Å². The molecule has 0 saturated carbocycles. The van der Waals surface area contributed by atoms with Crippen LogP contribution in [0.2, 0.25) is 5.02 Å². The van der Waals surface area contributed by atoms with Crippen molar-refractivity contribution in [2.45, 2.75) is 0 Å². The van der Waals surface area contributed by atoms with Gasteiger partial charge in [-0.3, -0.25) is 0 Å². The molecule has 0 aliphatic rings. The van der Waals surface area contributed by atoms with Crippen molar-refractivity contribution in [1.82, 2.24) is 4.98 Å². The molecule has 0 atom stereocenters. The van der Waals surface area contributed by atoms with Crippen LogP contribution in [0.1, 0.15) is 10.5 Å². The number of carbonyl (C=O) groups is 1. The van der Waals surface area contributed by atoms with Crippen molar-refractivity contribution >= 4 is 39.0 Å². The zero-order valence-electron chi connectivity index (χ0n) is 7.28. The fourth-order valence-electron chi connectivity index (χ4n) is 1.17. The molecule has 3 nitrogen and oxygen atoms in total. The molecule has 2 heterocycles. The Morgan fingerprint density at radius 1 is 1.64 bits per heavy atom. The minimum absolute atomic E-state index is 0.321. The number of fused-ring (bicyclic) bond motifs is 1. The third kappa shape index (κ3) is 1.36. The maximum absolute atomic E-state index is 11.3. The second kappa shape index (κ2) is 3.55. The lowest BCUT2D eigenvalue weighted by Crippen LogP contribution is -2.03. The summed E-state index contributed by atoms with van der Waals surface area (Å²) in [5.74, 6) is -0.436. The Bertz CT molecular complexity index is 495. The lowest BCUT2D eigenvalue weighted by atomic mass is 10.3. The zero-order valence-corrected chi connectivity index (χ0v) is 8.85. The van der Waals surface area contributed by atoms with Crippen molar-refractivity contribution in [3.05, 3.63) is 28.4 Å². The molecule has 5 heteroatoms. The van der Waals surface area contributed by atoms with Gasteiger partial charge >= 0.3 is 5.97 Å². The molecule has 72 valence electrons. The minimum Gasteiger partial charge on any atom is -0.464 e. The monoisotopic (exact) mass is 227 g/mol. The van der Waals surface area contributed by atoms with Gasteiger partial charge in [0.1, 0.15) is 0 Å². The van der Waals surface area contributed by atoms with E-state index in [2.05, 4.69) is 9.72 Å². The summed E-state index contributed by atoms with van der Waals surface area (Å²) >= 11 is 7.33. The molecule has 2 aromatic heterocycles. The van der Waals surface area contributed by atoms with E-state index < -0.39 is 5.97 Å². The molecule has 0 fully saturated rings. The Morgan fingerprint density at radius 3 is 3.14 bits per heavy atom. The van der Waals surface area contributed by atoms with Gasteiger partial charge < -0.3 is 4.74 Å². The maximum atomic E-state index is 11.3. The fraction of sp³-hybridized carbons (Fsp3) is 0.111. The van der Waals surface area contributed by atoms with Gasteiger partial charge in [0.05, 0.1) is 16.8 Å². The van der Waals surface area contributed by atoms with E-state index in [1.165, 1.54) is 24.6 Å². The molecule has 2 rings (SSSR count). The number of rotatable bonds is 1. The minimum atomic E-state index is -0.436. The summed E-state index contributed by atoms with van der Waals surface area (Å²) in [7, 11) is 1.33. The van der Waals surface area contributed by atoms with Crippen LogP contribution >= 0.6 is 22.9 Å². The topological polar surface area (TPSA) is 39.2 Å². The molecule has 2 aromatic rings. The highest BCUT2D eigenvalue weighted by Crippen LogP contribution is 2.29.